The van der Waals surface area contributed by atoms with Crippen LogP contribution in [0.3, 0.4) is 0 Å². The van der Waals surface area contributed by atoms with E-state index < -0.39 is 0 Å². The number of morpholine rings is 1. The van der Waals surface area contributed by atoms with Gasteiger partial charge in [0.2, 0.25) is 0 Å². The first kappa shape index (κ1) is 16.8. The molecule has 2 heterocycles. The van der Waals surface area contributed by atoms with Gasteiger partial charge in [-0.25, -0.2) is 4.39 Å². The topological polar surface area (TPSA) is 24.9 Å². The van der Waals surface area contributed by atoms with Gasteiger partial charge in [0, 0.05) is 45.9 Å². The zero-order valence-corrected chi connectivity index (χ0v) is 14.1. The maximum absolute atomic E-state index is 13.7. The quantitative estimate of drug-likeness (QED) is 0.828. The Morgan fingerprint density at radius 1 is 1.35 bits per heavy atom. The minimum Gasteiger partial charge on any atom is -0.383 e. The summed E-state index contributed by atoms with van der Waals surface area (Å²) in [6.45, 7) is 8.15. The molecule has 0 aromatic heterocycles. The summed E-state index contributed by atoms with van der Waals surface area (Å²) in [4.78, 5) is 4.92. The predicted molar refractivity (Wildman–Crippen MR) is 88.0 cm³/mol. The van der Waals surface area contributed by atoms with Crippen LogP contribution in [0.2, 0.25) is 0 Å². The number of hydrogen-bond acceptors (Lipinski definition) is 4. The Morgan fingerprint density at radius 2 is 2.22 bits per heavy atom. The first-order valence-corrected chi connectivity index (χ1v) is 8.50. The summed E-state index contributed by atoms with van der Waals surface area (Å²) in [6.07, 6.45) is 1.37. The second-order valence-electron chi connectivity index (χ2n) is 6.55. The third kappa shape index (κ3) is 3.91. The van der Waals surface area contributed by atoms with Gasteiger partial charge < -0.3 is 9.47 Å². The summed E-state index contributed by atoms with van der Waals surface area (Å²) in [5, 5.41) is 0. The van der Waals surface area contributed by atoms with E-state index in [4.69, 9.17) is 9.47 Å². The van der Waals surface area contributed by atoms with Crippen LogP contribution in [0.5, 0.6) is 0 Å². The largest absolute Gasteiger partial charge is 0.383 e. The maximum atomic E-state index is 13.7. The summed E-state index contributed by atoms with van der Waals surface area (Å²) in [5.74, 6) is -0.111. The highest BCUT2D eigenvalue weighted by Crippen LogP contribution is 2.25. The van der Waals surface area contributed by atoms with Gasteiger partial charge >= 0.3 is 0 Å². The number of likely N-dealkylation sites (tertiary alicyclic amines) is 1. The molecule has 0 aliphatic carbocycles. The molecule has 0 unspecified atom stereocenters. The smallest absolute Gasteiger partial charge is 0.126 e. The Labute approximate surface area is 138 Å². The Bertz CT molecular complexity index is 526. The van der Waals surface area contributed by atoms with E-state index in [1.54, 1.807) is 13.2 Å². The molecule has 0 bridgehead atoms. The number of fused-ring (bicyclic) bond motifs is 1. The van der Waals surface area contributed by atoms with Gasteiger partial charge in [0.05, 0.1) is 19.3 Å². The number of methoxy groups -OCH3 is 1. The van der Waals surface area contributed by atoms with Crippen molar-refractivity contribution < 1.29 is 13.9 Å². The lowest BCUT2D eigenvalue weighted by Crippen LogP contribution is -2.60. The monoisotopic (exact) mass is 322 g/mol. The van der Waals surface area contributed by atoms with Gasteiger partial charge in [-0.3, -0.25) is 9.80 Å². The van der Waals surface area contributed by atoms with E-state index in [9.17, 15) is 4.39 Å². The van der Waals surface area contributed by atoms with Crippen molar-refractivity contribution in [3.8, 4) is 0 Å². The fourth-order valence-corrected chi connectivity index (χ4v) is 3.70. The number of piperidine rings is 1. The molecule has 2 atom stereocenters. The fraction of sp³-hybridized carbons (Fsp3) is 0.667. The SMILES string of the molecule is COCCN1CCO[C@@H]2CCN(Cc3cccc(F)c3C)C[C@H]21. The highest BCUT2D eigenvalue weighted by molar-refractivity contribution is 5.27. The number of hydrogen-bond donors (Lipinski definition) is 0. The van der Waals surface area contributed by atoms with E-state index in [-0.39, 0.29) is 5.82 Å². The number of ether oxygens (including phenoxy) is 2. The van der Waals surface area contributed by atoms with E-state index in [1.165, 1.54) is 6.07 Å². The average Bonchev–Trinajstić information content (AvgIpc) is 2.57. The van der Waals surface area contributed by atoms with E-state index in [2.05, 4.69) is 9.80 Å². The maximum Gasteiger partial charge on any atom is 0.126 e. The Kier molecular flexibility index (Phi) is 5.64. The van der Waals surface area contributed by atoms with Crippen molar-refractivity contribution in [2.24, 2.45) is 0 Å². The molecule has 2 aliphatic rings. The molecule has 5 heteroatoms. The van der Waals surface area contributed by atoms with Crippen molar-refractivity contribution in [1.29, 1.82) is 0 Å². The van der Waals surface area contributed by atoms with Crippen LogP contribution >= 0.6 is 0 Å². The van der Waals surface area contributed by atoms with Gasteiger partial charge in [0.25, 0.3) is 0 Å². The Hall–Kier alpha value is -1.01. The number of halogens is 1. The minimum absolute atomic E-state index is 0.111. The molecule has 0 spiro atoms. The first-order chi connectivity index (χ1) is 11.2. The summed E-state index contributed by atoms with van der Waals surface area (Å²) in [5.41, 5.74) is 1.86. The van der Waals surface area contributed by atoms with Gasteiger partial charge in [-0.15, -0.1) is 0 Å². The molecule has 2 saturated heterocycles. The van der Waals surface area contributed by atoms with Crippen LogP contribution in [0.4, 0.5) is 4.39 Å². The molecular weight excluding hydrogens is 295 g/mol. The van der Waals surface area contributed by atoms with Crippen molar-refractivity contribution in [1.82, 2.24) is 9.80 Å². The van der Waals surface area contributed by atoms with Gasteiger partial charge in [-0.2, -0.15) is 0 Å². The van der Waals surface area contributed by atoms with E-state index in [1.807, 2.05) is 13.0 Å². The summed E-state index contributed by atoms with van der Waals surface area (Å²) in [7, 11) is 1.75. The average molecular weight is 322 g/mol. The predicted octanol–water partition coefficient (Wildman–Crippen LogP) is 2.06. The molecule has 4 nitrogen and oxygen atoms in total. The Balaban J connectivity index is 1.65. The molecule has 0 radical (unpaired) electrons. The van der Waals surface area contributed by atoms with Crippen molar-refractivity contribution in [2.75, 3.05) is 46.5 Å². The lowest BCUT2D eigenvalue weighted by Gasteiger charge is -2.47. The zero-order valence-electron chi connectivity index (χ0n) is 14.1. The van der Waals surface area contributed by atoms with Gasteiger partial charge in [0.1, 0.15) is 5.82 Å². The lowest BCUT2D eigenvalue weighted by molar-refractivity contribution is -0.107. The van der Waals surface area contributed by atoms with Crippen LogP contribution in [-0.4, -0.2) is 68.4 Å². The van der Waals surface area contributed by atoms with Crippen LogP contribution < -0.4 is 0 Å². The van der Waals surface area contributed by atoms with E-state index >= 15 is 0 Å². The highest BCUT2D eigenvalue weighted by Gasteiger charge is 2.36. The molecular formula is C18H27FN2O2. The number of benzene rings is 1. The number of rotatable bonds is 5. The van der Waals surface area contributed by atoms with Crippen LogP contribution in [-0.2, 0) is 16.0 Å². The highest BCUT2D eigenvalue weighted by atomic mass is 19.1. The van der Waals surface area contributed by atoms with Gasteiger partial charge in [0.15, 0.2) is 0 Å². The van der Waals surface area contributed by atoms with Crippen LogP contribution in [0, 0.1) is 12.7 Å². The second-order valence-corrected chi connectivity index (χ2v) is 6.55. The van der Waals surface area contributed by atoms with Gasteiger partial charge in [-0.05, 0) is 30.5 Å². The second kappa shape index (κ2) is 7.71. The molecule has 23 heavy (non-hydrogen) atoms. The zero-order chi connectivity index (χ0) is 16.2. The van der Waals surface area contributed by atoms with Crippen molar-refractivity contribution in [2.45, 2.75) is 32.0 Å². The Morgan fingerprint density at radius 3 is 3.04 bits per heavy atom. The molecule has 3 rings (SSSR count). The minimum atomic E-state index is -0.111. The lowest BCUT2D eigenvalue weighted by atomic mass is 9.97. The van der Waals surface area contributed by atoms with Crippen molar-refractivity contribution >= 4 is 0 Å². The van der Waals surface area contributed by atoms with Crippen molar-refractivity contribution in [3.05, 3.63) is 35.1 Å². The molecule has 0 amide bonds. The van der Waals surface area contributed by atoms with E-state index in [0.29, 0.717) is 12.1 Å². The fourth-order valence-electron chi connectivity index (χ4n) is 3.70. The normalized spacial score (nSPS) is 26.2. The molecule has 0 N–H and O–H groups in total. The summed E-state index contributed by atoms with van der Waals surface area (Å²) < 4.78 is 24.9. The van der Waals surface area contributed by atoms with Crippen LogP contribution in [0.15, 0.2) is 18.2 Å². The van der Waals surface area contributed by atoms with E-state index in [0.717, 1.165) is 63.5 Å². The number of nitrogens with zero attached hydrogens (tertiary/aromatic N) is 2. The third-order valence-corrected chi connectivity index (χ3v) is 5.14. The molecule has 2 fully saturated rings. The molecule has 128 valence electrons. The third-order valence-electron chi connectivity index (χ3n) is 5.14. The molecule has 0 saturated carbocycles. The van der Waals surface area contributed by atoms with Crippen LogP contribution in [0.25, 0.3) is 0 Å². The summed E-state index contributed by atoms with van der Waals surface area (Å²) in [6, 6.07) is 5.79. The molecule has 2 aliphatic heterocycles. The van der Waals surface area contributed by atoms with Gasteiger partial charge in [-0.1, -0.05) is 12.1 Å². The van der Waals surface area contributed by atoms with Crippen molar-refractivity contribution in [3.63, 3.8) is 0 Å². The standard InChI is InChI=1S/C18H27FN2O2/c1-14-15(4-3-5-16(14)19)12-20-7-6-18-17(13-20)21(8-10-22-2)9-11-23-18/h3-5,17-18H,6-13H2,1-2H3/t17-,18-/m1/s1. The molecule has 1 aromatic carbocycles. The molecule has 1 aromatic rings. The first-order valence-electron chi connectivity index (χ1n) is 8.50. The summed E-state index contributed by atoms with van der Waals surface area (Å²) >= 11 is 0. The van der Waals surface area contributed by atoms with Crippen LogP contribution in [0.1, 0.15) is 17.5 Å².